The van der Waals surface area contributed by atoms with Crippen LogP contribution in [0.25, 0.3) is 0 Å². The van der Waals surface area contributed by atoms with Gasteiger partial charge in [-0.1, -0.05) is 20.1 Å². The van der Waals surface area contributed by atoms with Gasteiger partial charge in [-0.15, -0.1) is 0 Å². The number of ether oxygens (including phenoxy) is 1. The molecule has 6 heteroatoms. The third-order valence-corrected chi connectivity index (χ3v) is 1.77. The van der Waals surface area contributed by atoms with Crippen molar-refractivity contribution in [3.63, 3.8) is 0 Å². The van der Waals surface area contributed by atoms with Crippen molar-refractivity contribution in [1.82, 2.24) is 10.6 Å². The molecule has 0 unspecified atom stereocenters. The zero-order valence-corrected chi connectivity index (χ0v) is 11.6. The van der Waals surface area contributed by atoms with Gasteiger partial charge in [0.05, 0.1) is 6.61 Å². The third-order valence-electron chi connectivity index (χ3n) is 1.77. The summed E-state index contributed by atoms with van der Waals surface area (Å²) in [5.41, 5.74) is 4.53. The normalized spacial score (nSPS) is 12.7. The highest BCUT2D eigenvalue weighted by atomic mass is 16.5. The maximum Gasteiger partial charge on any atom is 0.330 e. The molecule has 0 atom stereocenters. The Morgan fingerprint density at radius 3 is 1.79 bits per heavy atom. The fourth-order valence-electron chi connectivity index (χ4n) is 0.865. The van der Waals surface area contributed by atoms with Gasteiger partial charge in [-0.05, 0) is 12.5 Å². The first-order valence-electron chi connectivity index (χ1n) is 6.20. The molecule has 0 aliphatic carbocycles. The summed E-state index contributed by atoms with van der Waals surface area (Å²) in [4.78, 5) is 19.7. The van der Waals surface area contributed by atoms with Crippen LogP contribution in [0.2, 0.25) is 0 Å². The van der Waals surface area contributed by atoms with E-state index in [1.807, 2.05) is 6.92 Å². The molecule has 110 valence electrons. The van der Waals surface area contributed by atoms with Crippen LogP contribution in [0.3, 0.4) is 0 Å². The van der Waals surface area contributed by atoms with E-state index in [-0.39, 0.29) is 5.97 Å². The highest BCUT2D eigenvalue weighted by Crippen LogP contribution is 1.81. The number of amides is 1. The van der Waals surface area contributed by atoms with Crippen LogP contribution < -0.4 is 16.4 Å². The van der Waals surface area contributed by atoms with E-state index in [4.69, 9.17) is 0 Å². The molecule has 0 spiro atoms. The summed E-state index contributed by atoms with van der Waals surface area (Å²) in [5, 5.41) is 6.44. The molecule has 0 saturated carbocycles. The van der Waals surface area contributed by atoms with E-state index in [1.165, 1.54) is 0 Å². The van der Waals surface area contributed by atoms with E-state index in [9.17, 15) is 9.59 Å². The maximum atomic E-state index is 10.2. The highest BCUT2D eigenvalue weighted by Gasteiger charge is 1.91. The molecule has 0 bridgehead atoms. The van der Waals surface area contributed by atoms with E-state index in [0.717, 1.165) is 44.8 Å². The lowest BCUT2D eigenvalue weighted by Gasteiger charge is -2.11. The Kier molecular flexibility index (Phi) is 16.9. The van der Waals surface area contributed by atoms with Crippen LogP contribution in [-0.4, -0.2) is 44.7 Å². The average Bonchev–Trinajstić information content (AvgIpc) is 2.47. The first-order chi connectivity index (χ1) is 9.08. The largest absolute Gasteiger partial charge is 0.463 e. The van der Waals surface area contributed by atoms with Crippen LogP contribution in [0.1, 0.15) is 13.3 Å². The van der Waals surface area contributed by atoms with E-state index in [2.05, 4.69) is 34.3 Å². The maximum absolute atomic E-state index is 10.2. The Morgan fingerprint density at radius 2 is 1.58 bits per heavy atom. The molecule has 0 radical (unpaired) electrons. The minimum Gasteiger partial charge on any atom is -0.463 e. The molecular formula is C13H25N3O3. The van der Waals surface area contributed by atoms with Gasteiger partial charge in [-0.3, -0.25) is 4.79 Å². The number of carbonyl (C=O) groups excluding carboxylic acids is 2. The highest BCUT2D eigenvalue weighted by molar-refractivity contribution is 5.85. The number of carbonyl (C=O) groups is 2. The van der Waals surface area contributed by atoms with Gasteiger partial charge in [0.25, 0.3) is 0 Å². The van der Waals surface area contributed by atoms with Gasteiger partial charge in [0.1, 0.15) is 0 Å². The van der Waals surface area contributed by atoms with Gasteiger partial charge in [0.15, 0.2) is 0 Å². The summed E-state index contributed by atoms with van der Waals surface area (Å²) < 4.78 is 4.58. The molecule has 4 N–H and O–H groups in total. The molecule has 0 aromatic carbocycles. The molecular weight excluding hydrogens is 246 g/mol. The summed E-state index contributed by atoms with van der Waals surface area (Å²) in [5.74, 6) is -0.822. The van der Waals surface area contributed by atoms with Crippen LogP contribution in [0, 0.1) is 0 Å². The number of primary amides is 1. The van der Waals surface area contributed by atoms with Crippen LogP contribution in [0.4, 0.5) is 0 Å². The zero-order valence-electron chi connectivity index (χ0n) is 11.6. The van der Waals surface area contributed by atoms with Gasteiger partial charge in [0, 0.05) is 32.3 Å². The number of esters is 1. The van der Waals surface area contributed by atoms with Gasteiger partial charge in [-0.2, -0.15) is 0 Å². The summed E-state index contributed by atoms with van der Waals surface area (Å²) in [6, 6.07) is 0. The van der Waals surface area contributed by atoms with Crippen LogP contribution in [0.15, 0.2) is 25.3 Å². The van der Waals surface area contributed by atoms with Gasteiger partial charge >= 0.3 is 5.97 Å². The molecule has 19 heavy (non-hydrogen) atoms. The van der Waals surface area contributed by atoms with Crippen molar-refractivity contribution in [2.45, 2.75) is 13.3 Å². The number of rotatable bonds is 4. The molecule has 1 fully saturated rings. The third kappa shape index (κ3) is 22.1. The molecule has 1 heterocycles. The predicted octanol–water partition coefficient (Wildman–Crippen LogP) is -0.0375. The lowest BCUT2D eigenvalue weighted by Crippen LogP contribution is -2.39. The van der Waals surface area contributed by atoms with Crippen molar-refractivity contribution < 1.29 is 14.3 Å². The fourth-order valence-corrected chi connectivity index (χ4v) is 0.865. The Balaban J connectivity index is 0. The molecule has 1 rings (SSSR count). The molecule has 1 aliphatic rings. The molecule has 1 saturated heterocycles. The zero-order chi connectivity index (χ0) is 14.9. The molecule has 6 nitrogen and oxygen atoms in total. The van der Waals surface area contributed by atoms with Crippen molar-refractivity contribution in [1.29, 1.82) is 0 Å². The summed E-state index contributed by atoms with van der Waals surface area (Å²) >= 11 is 0. The van der Waals surface area contributed by atoms with Crippen molar-refractivity contribution in [2.24, 2.45) is 5.73 Å². The Hall–Kier alpha value is -1.66. The molecule has 1 aliphatic heterocycles. The van der Waals surface area contributed by atoms with Gasteiger partial charge < -0.3 is 21.1 Å². The van der Waals surface area contributed by atoms with Crippen LogP contribution >= 0.6 is 0 Å². The minimum atomic E-state index is -0.481. The van der Waals surface area contributed by atoms with Crippen molar-refractivity contribution >= 4 is 11.9 Å². The number of piperazine rings is 1. The quantitative estimate of drug-likeness (QED) is 0.493. The number of nitrogens with one attached hydrogen (secondary N) is 2. The Labute approximate surface area is 115 Å². The first kappa shape index (κ1) is 19.7. The monoisotopic (exact) mass is 271 g/mol. The van der Waals surface area contributed by atoms with Gasteiger partial charge in [-0.25, -0.2) is 4.79 Å². The lowest BCUT2D eigenvalue weighted by molar-refractivity contribution is -0.137. The summed E-state index contributed by atoms with van der Waals surface area (Å²) in [6.45, 7) is 13.3. The number of hydrogen-bond donors (Lipinski definition) is 3. The Morgan fingerprint density at radius 1 is 1.16 bits per heavy atom. The topological polar surface area (TPSA) is 93.4 Å². The van der Waals surface area contributed by atoms with Crippen LogP contribution in [-0.2, 0) is 14.3 Å². The SMILES string of the molecule is C1CNCCN1.C=CC(=O)OCCC.C=CC(N)=O. The second kappa shape index (κ2) is 16.3. The smallest absolute Gasteiger partial charge is 0.330 e. The molecule has 0 aromatic rings. The van der Waals surface area contributed by atoms with Crippen molar-refractivity contribution in [2.75, 3.05) is 32.8 Å². The second-order valence-electron chi connectivity index (χ2n) is 3.48. The average molecular weight is 271 g/mol. The van der Waals surface area contributed by atoms with E-state index >= 15 is 0 Å². The Bertz CT molecular complexity index is 252. The summed E-state index contributed by atoms with van der Waals surface area (Å²) in [6.07, 6.45) is 3.08. The summed E-state index contributed by atoms with van der Waals surface area (Å²) in [7, 11) is 0. The van der Waals surface area contributed by atoms with Crippen molar-refractivity contribution in [3.8, 4) is 0 Å². The van der Waals surface area contributed by atoms with E-state index in [1.54, 1.807) is 0 Å². The van der Waals surface area contributed by atoms with Crippen LogP contribution in [0.5, 0.6) is 0 Å². The van der Waals surface area contributed by atoms with Crippen molar-refractivity contribution in [3.05, 3.63) is 25.3 Å². The van der Waals surface area contributed by atoms with E-state index < -0.39 is 5.91 Å². The first-order valence-corrected chi connectivity index (χ1v) is 6.20. The predicted molar refractivity (Wildman–Crippen MR) is 76.6 cm³/mol. The standard InChI is InChI=1S/C6H10O2.C4H10N2.C3H5NO/c1-3-5-8-6(7)4-2;1-2-6-4-3-5-1;1-2-3(4)5/h4H,2-3,5H2,1H3;5-6H,1-4H2;2H,1H2,(H2,4,5). The lowest BCUT2D eigenvalue weighted by atomic mass is 10.4. The number of hydrogen-bond acceptors (Lipinski definition) is 5. The second-order valence-corrected chi connectivity index (χ2v) is 3.48. The molecule has 1 amide bonds. The molecule has 0 aromatic heterocycles. The number of nitrogens with two attached hydrogens (primary N) is 1. The van der Waals surface area contributed by atoms with Gasteiger partial charge in [0.2, 0.25) is 5.91 Å². The van der Waals surface area contributed by atoms with E-state index in [0.29, 0.717) is 6.61 Å². The minimum absolute atomic E-state index is 0.341. The fraction of sp³-hybridized carbons (Fsp3) is 0.538.